The third-order valence-electron chi connectivity index (χ3n) is 3.29. The first kappa shape index (κ1) is 21.1. The summed E-state index contributed by atoms with van der Waals surface area (Å²) in [6.45, 7) is 1.98. The molecule has 0 saturated heterocycles. The van der Waals surface area contributed by atoms with E-state index in [1.807, 2.05) is 31.2 Å². The molecule has 26 heavy (non-hydrogen) atoms. The maximum absolute atomic E-state index is 12.4. The Bertz CT molecular complexity index is 776. The number of benzene rings is 2. The summed E-state index contributed by atoms with van der Waals surface area (Å²) < 4.78 is -1.83. The molecule has 1 unspecified atom stereocenters. The van der Waals surface area contributed by atoms with E-state index in [9.17, 15) is 4.79 Å². The molecular weight excluding hydrogens is 436 g/mol. The summed E-state index contributed by atoms with van der Waals surface area (Å²) in [5, 5.41) is 9.08. The first-order valence-electron chi connectivity index (χ1n) is 7.42. The minimum atomic E-state index is -1.83. The van der Waals surface area contributed by atoms with Gasteiger partial charge in [-0.3, -0.25) is 4.79 Å². The zero-order chi connectivity index (χ0) is 19.3. The Hall–Kier alpha value is -1.24. The minimum absolute atomic E-state index is 0.196. The largest absolute Gasteiger partial charge is 0.339 e. The molecule has 3 N–H and O–H groups in total. The van der Waals surface area contributed by atoms with Crippen LogP contribution in [0.5, 0.6) is 0 Å². The van der Waals surface area contributed by atoms with Crippen molar-refractivity contribution in [1.29, 1.82) is 0 Å². The predicted molar refractivity (Wildman–Crippen MR) is 114 cm³/mol. The van der Waals surface area contributed by atoms with Gasteiger partial charge in [0.25, 0.3) is 5.91 Å². The number of carbonyl (C=O) groups excluding carboxylic acids is 1. The quantitative estimate of drug-likeness (QED) is 0.346. The van der Waals surface area contributed by atoms with Crippen LogP contribution in [0.4, 0.5) is 5.69 Å². The maximum Gasteiger partial charge on any atom is 0.252 e. The van der Waals surface area contributed by atoms with E-state index in [2.05, 4.69) is 16.0 Å². The average Bonchev–Trinajstić information content (AvgIpc) is 2.56. The van der Waals surface area contributed by atoms with Gasteiger partial charge in [0, 0.05) is 16.3 Å². The van der Waals surface area contributed by atoms with Crippen LogP contribution in [0.25, 0.3) is 0 Å². The molecule has 138 valence electrons. The monoisotopic (exact) mass is 449 g/mol. The van der Waals surface area contributed by atoms with Crippen molar-refractivity contribution in [2.24, 2.45) is 0 Å². The molecule has 0 aliphatic heterocycles. The highest BCUT2D eigenvalue weighted by Gasteiger charge is 2.34. The maximum atomic E-state index is 12.4. The number of rotatable bonds is 4. The van der Waals surface area contributed by atoms with Gasteiger partial charge in [-0.15, -0.1) is 0 Å². The van der Waals surface area contributed by atoms with Gasteiger partial charge in [-0.05, 0) is 55.5 Å². The number of carbonyl (C=O) groups is 1. The number of hydrogen-bond acceptors (Lipinski definition) is 2. The van der Waals surface area contributed by atoms with Gasteiger partial charge in [-0.2, -0.15) is 0 Å². The lowest BCUT2D eigenvalue weighted by atomic mass is 10.2. The van der Waals surface area contributed by atoms with E-state index >= 15 is 0 Å². The first-order valence-corrected chi connectivity index (χ1v) is 9.34. The number of thiocarbonyl (C=S) groups is 1. The third kappa shape index (κ3) is 6.49. The van der Waals surface area contributed by atoms with E-state index in [1.54, 1.807) is 24.3 Å². The highest BCUT2D eigenvalue weighted by molar-refractivity contribution is 7.80. The fourth-order valence-corrected chi connectivity index (χ4v) is 2.64. The number of anilines is 1. The van der Waals surface area contributed by atoms with Crippen LogP contribution < -0.4 is 16.0 Å². The zero-order valence-corrected chi connectivity index (χ0v) is 17.4. The standard InChI is InChI=1S/C17H15Cl4N3OS/c1-10-2-8-13(9-3-10)22-16(26)24-15(17(19,20)21)23-14(25)11-4-6-12(18)7-5-11/h2-9,15H,1H3,(H,23,25)(H2,22,24,26). The van der Waals surface area contributed by atoms with E-state index in [0.29, 0.717) is 10.6 Å². The Morgan fingerprint density at radius 2 is 1.58 bits per heavy atom. The summed E-state index contributed by atoms with van der Waals surface area (Å²) >= 11 is 29.0. The molecule has 0 aromatic heterocycles. The van der Waals surface area contributed by atoms with Crippen molar-refractivity contribution < 1.29 is 4.79 Å². The van der Waals surface area contributed by atoms with Crippen LogP contribution >= 0.6 is 58.6 Å². The molecule has 4 nitrogen and oxygen atoms in total. The van der Waals surface area contributed by atoms with Gasteiger partial charge in [0.05, 0.1) is 0 Å². The van der Waals surface area contributed by atoms with E-state index in [1.165, 1.54) is 0 Å². The van der Waals surface area contributed by atoms with Crippen LogP contribution in [0.15, 0.2) is 48.5 Å². The molecule has 9 heteroatoms. The van der Waals surface area contributed by atoms with Crippen molar-refractivity contribution in [3.05, 3.63) is 64.7 Å². The molecule has 1 atom stereocenters. The molecule has 0 heterocycles. The van der Waals surface area contributed by atoms with Crippen molar-refractivity contribution in [2.45, 2.75) is 16.9 Å². The van der Waals surface area contributed by atoms with E-state index in [4.69, 9.17) is 58.6 Å². The molecule has 2 aromatic carbocycles. The molecule has 0 radical (unpaired) electrons. The molecule has 1 amide bonds. The number of halogens is 4. The van der Waals surface area contributed by atoms with E-state index in [-0.39, 0.29) is 5.11 Å². The van der Waals surface area contributed by atoms with Crippen molar-refractivity contribution in [1.82, 2.24) is 10.6 Å². The molecule has 2 rings (SSSR count). The van der Waals surface area contributed by atoms with Gasteiger partial charge < -0.3 is 16.0 Å². The number of hydrogen-bond donors (Lipinski definition) is 3. The second-order valence-corrected chi connectivity index (χ2v) is 8.63. The Balaban J connectivity index is 2.04. The van der Waals surface area contributed by atoms with Gasteiger partial charge in [0.1, 0.15) is 6.17 Å². The van der Waals surface area contributed by atoms with Gasteiger partial charge in [0.2, 0.25) is 3.79 Å². The summed E-state index contributed by atoms with van der Waals surface area (Å²) in [6.07, 6.45) is -1.05. The molecule has 0 aliphatic carbocycles. The van der Waals surface area contributed by atoms with Crippen LogP contribution in [-0.2, 0) is 0 Å². The summed E-state index contributed by atoms with van der Waals surface area (Å²) in [5.74, 6) is -0.441. The Kier molecular flexibility index (Phi) is 7.38. The van der Waals surface area contributed by atoms with Crippen molar-refractivity contribution in [3.8, 4) is 0 Å². The average molecular weight is 451 g/mol. The molecular formula is C17H15Cl4N3OS. The second kappa shape index (κ2) is 9.11. The van der Waals surface area contributed by atoms with Gasteiger partial charge in [0.15, 0.2) is 5.11 Å². The summed E-state index contributed by atoms with van der Waals surface area (Å²) in [5.41, 5.74) is 2.25. The van der Waals surface area contributed by atoms with Gasteiger partial charge in [-0.1, -0.05) is 64.1 Å². The van der Waals surface area contributed by atoms with Gasteiger partial charge >= 0.3 is 0 Å². The third-order valence-corrected chi connectivity index (χ3v) is 4.42. The molecule has 0 fully saturated rings. The van der Waals surface area contributed by atoms with Crippen LogP contribution in [0.2, 0.25) is 5.02 Å². The number of alkyl halides is 3. The topological polar surface area (TPSA) is 53.2 Å². The lowest BCUT2D eigenvalue weighted by Gasteiger charge is -2.27. The van der Waals surface area contributed by atoms with Crippen molar-refractivity contribution in [3.63, 3.8) is 0 Å². The van der Waals surface area contributed by atoms with Crippen LogP contribution in [-0.4, -0.2) is 21.0 Å². The first-order chi connectivity index (χ1) is 12.1. The van der Waals surface area contributed by atoms with E-state index in [0.717, 1.165) is 11.3 Å². The number of aryl methyl sites for hydroxylation is 1. The molecule has 0 saturated carbocycles. The van der Waals surface area contributed by atoms with Crippen molar-refractivity contribution >= 4 is 75.3 Å². The lowest BCUT2D eigenvalue weighted by Crippen LogP contribution is -2.56. The minimum Gasteiger partial charge on any atom is -0.339 e. The zero-order valence-electron chi connectivity index (χ0n) is 13.5. The normalized spacial score (nSPS) is 12.2. The lowest BCUT2D eigenvalue weighted by molar-refractivity contribution is 0.0934. The molecule has 2 aromatic rings. The fourth-order valence-electron chi connectivity index (χ4n) is 1.95. The van der Waals surface area contributed by atoms with E-state index < -0.39 is 15.9 Å². The molecule has 0 spiro atoms. The van der Waals surface area contributed by atoms with Crippen LogP contribution in [0.3, 0.4) is 0 Å². The summed E-state index contributed by atoms with van der Waals surface area (Å²) in [7, 11) is 0. The van der Waals surface area contributed by atoms with Crippen molar-refractivity contribution in [2.75, 3.05) is 5.32 Å². The molecule has 0 bridgehead atoms. The van der Waals surface area contributed by atoms with Crippen LogP contribution in [0.1, 0.15) is 15.9 Å². The Labute approximate surface area is 177 Å². The predicted octanol–water partition coefficient (Wildman–Crippen LogP) is 5.06. The number of amides is 1. The Morgan fingerprint density at radius 1 is 1.00 bits per heavy atom. The molecule has 0 aliphatic rings. The second-order valence-electron chi connectivity index (χ2n) is 5.42. The Morgan fingerprint density at radius 3 is 2.12 bits per heavy atom. The fraction of sp³-hybridized carbons (Fsp3) is 0.176. The van der Waals surface area contributed by atoms with Crippen LogP contribution in [0, 0.1) is 6.92 Å². The highest BCUT2D eigenvalue weighted by atomic mass is 35.6. The summed E-state index contributed by atoms with van der Waals surface area (Å²) in [4.78, 5) is 12.4. The smallest absolute Gasteiger partial charge is 0.252 e. The van der Waals surface area contributed by atoms with Gasteiger partial charge in [-0.25, -0.2) is 0 Å². The number of nitrogens with one attached hydrogen (secondary N) is 3. The highest BCUT2D eigenvalue weighted by Crippen LogP contribution is 2.29. The SMILES string of the molecule is Cc1ccc(NC(=S)NC(NC(=O)c2ccc(Cl)cc2)C(Cl)(Cl)Cl)cc1. The summed E-state index contributed by atoms with van der Waals surface area (Å²) in [6, 6.07) is 13.9.